The summed E-state index contributed by atoms with van der Waals surface area (Å²) in [7, 11) is 3.00. The summed E-state index contributed by atoms with van der Waals surface area (Å²) in [6.45, 7) is 1.75. The zero-order chi connectivity index (χ0) is 20.6. The van der Waals surface area contributed by atoms with Crippen LogP contribution in [-0.4, -0.2) is 33.8 Å². The van der Waals surface area contributed by atoms with Gasteiger partial charge in [-0.1, -0.05) is 6.07 Å². The summed E-state index contributed by atoms with van der Waals surface area (Å²) in [4.78, 5) is 28.3. The van der Waals surface area contributed by atoms with Gasteiger partial charge in [-0.15, -0.1) is 0 Å². The van der Waals surface area contributed by atoms with Gasteiger partial charge in [-0.3, -0.25) is 14.6 Å². The summed E-state index contributed by atoms with van der Waals surface area (Å²) in [6, 6.07) is 5.03. The molecule has 7 nitrogen and oxygen atoms in total. The molecule has 2 aromatic heterocycles. The lowest BCUT2D eigenvalue weighted by molar-refractivity contribution is -0.138. The number of halogens is 1. The molecule has 146 valence electrons. The topological polar surface area (TPSA) is 107 Å². The Bertz CT molecular complexity index is 1140. The highest BCUT2D eigenvalue weighted by atomic mass is 19.1. The summed E-state index contributed by atoms with van der Waals surface area (Å²) in [5.74, 6) is -1.64. The van der Waals surface area contributed by atoms with Gasteiger partial charge in [0.05, 0.1) is 23.8 Å². The number of carboxylic acid groups (broad SMARTS) is 1. The van der Waals surface area contributed by atoms with E-state index in [0.717, 1.165) is 0 Å². The maximum Gasteiger partial charge on any atom is 0.320 e. The van der Waals surface area contributed by atoms with Crippen molar-refractivity contribution in [3.63, 3.8) is 0 Å². The van der Waals surface area contributed by atoms with Crippen molar-refractivity contribution in [3.8, 4) is 16.9 Å². The molecule has 0 saturated carbocycles. The van der Waals surface area contributed by atoms with Gasteiger partial charge in [-0.25, -0.2) is 4.39 Å². The zero-order valence-electron chi connectivity index (χ0n) is 15.7. The van der Waals surface area contributed by atoms with E-state index >= 15 is 4.39 Å². The van der Waals surface area contributed by atoms with E-state index in [1.54, 1.807) is 32.2 Å². The minimum atomic E-state index is -1.18. The number of hydrogen-bond acceptors (Lipinski definition) is 5. The molecule has 2 heterocycles. The molecule has 0 saturated heterocycles. The highest BCUT2D eigenvalue weighted by Crippen LogP contribution is 2.36. The number of pyridine rings is 2. The van der Waals surface area contributed by atoms with Crippen LogP contribution in [0.3, 0.4) is 0 Å². The second-order valence-corrected chi connectivity index (χ2v) is 6.53. The van der Waals surface area contributed by atoms with Crippen molar-refractivity contribution in [2.75, 3.05) is 7.11 Å². The van der Waals surface area contributed by atoms with Crippen LogP contribution in [0.4, 0.5) is 4.39 Å². The minimum Gasteiger partial charge on any atom is -0.496 e. The van der Waals surface area contributed by atoms with E-state index in [9.17, 15) is 9.59 Å². The first-order valence-corrected chi connectivity index (χ1v) is 8.55. The lowest BCUT2D eigenvalue weighted by Gasteiger charge is -2.17. The Labute approximate surface area is 160 Å². The molecule has 1 atom stereocenters. The molecule has 1 unspecified atom stereocenters. The average Bonchev–Trinajstić information content (AvgIpc) is 2.67. The Hall–Kier alpha value is -3.26. The zero-order valence-corrected chi connectivity index (χ0v) is 15.7. The number of benzene rings is 1. The molecule has 0 radical (unpaired) electrons. The summed E-state index contributed by atoms with van der Waals surface area (Å²) in [5, 5.41) is 9.61. The second-order valence-electron chi connectivity index (χ2n) is 6.53. The van der Waals surface area contributed by atoms with Crippen LogP contribution in [0.15, 0.2) is 35.3 Å². The van der Waals surface area contributed by atoms with Crippen LogP contribution in [0.25, 0.3) is 22.0 Å². The van der Waals surface area contributed by atoms with E-state index in [-0.39, 0.29) is 28.8 Å². The number of hydrogen-bond donors (Lipinski definition) is 2. The van der Waals surface area contributed by atoms with E-state index in [0.29, 0.717) is 16.6 Å². The number of carbonyl (C=O) groups is 1. The number of carboxylic acids is 1. The smallest absolute Gasteiger partial charge is 0.320 e. The van der Waals surface area contributed by atoms with Crippen LogP contribution in [0.2, 0.25) is 0 Å². The van der Waals surface area contributed by atoms with Crippen molar-refractivity contribution < 1.29 is 19.0 Å². The highest BCUT2D eigenvalue weighted by molar-refractivity contribution is 5.97. The fourth-order valence-electron chi connectivity index (χ4n) is 3.19. The van der Waals surface area contributed by atoms with Gasteiger partial charge in [0.1, 0.15) is 17.6 Å². The van der Waals surface area contributed by atoms with Gasteiger partial charge in [0.15, 0.2) is 0 Å². The lowest BCUT2D eigenvalue weighted by Crippen LogP contribution is -2.32. The van der Waals surface area contributed by atoms with Crippen LogP contribution in [-0.2, 0) is 18.3 Å². The Morgan fingerprint density at radius 3 is 2.75 bits per heavy atom. The van der Waals surface area contributed by atoms with Crippen molar-refractivity contribution in [2.24, 2.45) is 12.8 Å². The molecule has 28 heavy (non-hydrogen) atoms. The summed E-state index contributed by atoms with van der Waals surface area (Å²) >= 11 is 0. The van der Waals surface area contributed by atoms with Crippen molar-refractivity contribution in [1.29, 1.82) is 0 Å². The maximum absolute atomic E-state index is 15.2. The number of aromatic nitrogens is 2. The van der Waals surface area contributed by atoms with Crippen LogP contribution >= 0.6 is 0 Å². The first-order valence-electron chi connectivity index (χ1n) is 8.55. The van der Waals surface area contributed by atoms with E-state index in [2.05, 4.69) is 4.98 Å². The molecule has 3 N–H and O–H groups in total. The number of methoxy groups -OCH3 is 1. The van der Waals surface area contributed by atoms with Gasteiger partial charge in [0.25, 0.3) is 5.56 Å². The Kier molecular flexibility index (Phi) is 5.15. The number of rotatable bonds is 5. The molecule has 3 rings (SSSR count). The van der Waals surface area contributed by atoms with Crippen molar-refractivity contribution >= 4 is 16.9 Å². The molecule has 0 fully saturated rings. The van der Waals surface area contributed by atoms with Gasteiger partial charge in [0, 0.05) is 30.4 Å². The third kappa shape index (κ3) is 3.22. The largest absolute Gasteiger partial charge is 0.496 e. The van der Waals surface area contributed by atoms with Gasteiger partial charge >= 0.3 is 5.97 Å². The van der Waals surface area contributed by atoms with E-state index in [4.69, 9.17) is 15.6 Å². The Morgan fingerprint density at radius 1 is 1.39 bits per heavy atom. The molecule has 0 aliphatic carbocycles. The third-order valence-corrected chi connectivity index (χ3v) is 4.79. The predicted octanol–water partition coefficient (Wildman–Crippen LogP) is 2.01. The second kappa shape index (κ2) is 7.40. The summed E-state index contributed by atoms with van der Waals surface area (Å²) < 4.78 is 22.0. The molecule has 0 aliphatic heterocycles. The van der Waals surface area contributed by atoms with Crippen molar-refractivity contribution in [1.82, 2.24) is 9.55 Å². The Balaban J connectivity index is 2.37. The number of aryl methyl sites for hydroxylation is 1. The number of fused-ring (bicyclic) bond motifs is 1. The molecule has 8 heteroatoms. The highest BCUT2D eigenvalue weighted by Gasteiger charge is 2.24. The standard InChI is InChI=1S/C20H20FN3O4/c1-10-7-15(28-3)17(19(25)24(10)2)16-13(21)8-11(9-14(22)20(26)27)12-5-4-6-23-18(12)16/h4-8,14H,9,22H2,1-3H3,(H,26,27). The monoisotopic (exact) mass is 385 g/mol. The first-order chi connectivity index (χ1) is 13.3. The number of nitrogens with two attached hydrogens (primary N) is 1. The molecule has 3 aromatic rings. The van der Waals surface area contributed by atoms with Crippen LogP contribution in [0.1, 0.15) is 11.3 Å². The molecule has 0 spiro atoms. The van der Waals surface area contributed by atoms with Gasteiger partial charge in [-0.05, 0) is 31.0 Å². The molecular formula is C20H20FN3O4. The fraction of sp³-hybridized carbons (Fsp3) is 0.250. The van der Waals surface area contributed by atoms with Crippen LogP contribution in [0, 0.1) is 12.7 Å². The van der Waals surface area contributed by atoms with E-state index in [1.165, 1.54) is 23.9 Å². The Morgan fingerprint density at radius 2 is 2.11 bits per heavy atom. The van der Waals surface area contributed by atoms with Crippen LogP contribution in [0.5, 0.6) is 5.75 Å². The van der Waals surface area contributed by atoms with Gasteiger partial charge in [0.2, 0.25) is 0 Å². The molecular weight excluding hydrogens is 365 g/mol. The summed E-state index contributed by atoms with van der Waals surface area (Å²) in [5.41, 5.74) is 6.60. The van der Waals surface area contributed by atoms with Crippen LogP contribution < -0.4 is 16.0 Å². The number of nitrogens with zero attached hydrogens (tertiary/aromatic N) is 2. The summed E-state index contributed by atoms with van der Waals surface area (Å²) in [6.07, 6.45) is 1.41. The lowest BCUT2D eigenvalue weighted by atomic mass is 9.94. The minimum absolute atomic E-state index is 0.0145. The maximum atomic E-state index is 15.2. The predicted molar refractivity (Wildman–Crippen MR) is 103 cm³/mol. The van der Waals surface area contributed by atoms with Gasteiger partial charge in [-0.2, -0.15) is 0 Å². The normalized spacial score (nSPS) is 12.2. The number of aliphatic carboxylic acids is 1. The average molecular weight is 385 g/mol. The fourth-order valence-corrected chi connectivity index (χ4v) is 3.19. The molecule has 0 bridgehead atoms. The molecule has 1 aromatic carbocycles. The van der Waals surface area contributed by atoms with Crippen molar-refractivity contribution in [3.05, 3.63) is 57.9 Å². The van der Waals surface area contributed by atoms with E-state index < -0.39 is 23.4 Å². The first kappa shape index (κ1) is 19.5. The third-order valence-electron chi connectivity index (χ3n) is 4.79. The van der Waals surface area contributed by atoms with Crippen molar-refractivity contribution in [2.45, 2.75) is 19.4 Å². The SMILES string of the molecule is COc1cc(C)n(C)c(=O)c1-c1c(F)cc(CC(N)C(=O)O)c2cccnc12. The quantitative estimate of drug-likeness (QED) is 0.696. The van der Waals surface area contributed by atoms with Gasteiger partial charge < -0.3 is 20.1 Å². The number of ether oxygens (including phenoxy) is 1. The van der Waals surface area contributed by atoms with E-state index in [1.807, 2.05) is 0 Å². The molecule has 0 aliphatic rings. The molecule has 0 amide bonds.